The number of aliphatic imine (C=N–C) groups is 2. The fourth-order valence-corrected chi connectivity index (χ4v) is 2.75. The number of anilines is 2. The molecule has 10 nitrogen and oxygen atoms in total. The van der Waals surface area contributed by atoms with Crippen LogP contribution in [0.25, 0.3) is 0 Å². The van der Waals surface area contributed by atoms with Gasteiger partial charge in [0.1, 0.15) is 0 Å². The molecule has 2 heterocycles. The first-order chi connectivity index (χ1) is 15.9. The number of nitrogens with zero attached hydrogens (tertiary/aromatic N) is 4. The van der Waals surface area contributed by atoms with E-state index in [1.54, 1.807) is 41.4 Å². The van der Waals surface area contributed by atoms with Gasteiger partial charge in [-0.15, -0.1) is 0 Å². The number of carbonyl (C=O) groups excluding carboxylic acids is 1. The third kappa shape index (κ3) is 8.71. The van der Waals surface area contributed by atoms with Crippen LogP contribution in [0.15, 0.2) is 64.2 Å². The summed E-state index contributed by atoms with van der Waals surface area (Å²) in [6.07, 6.45) is 6.70. The number of nitrogens with two attached hydrogens (primary N) is 1. The molecule has 2 aromatic rings. The van der Waals surface area contributed by atoms with Crippen LogP contribution in [0.4, 0.5) is 17.2 Å². The van der Waals surface area contributed by atoms with Crippen molar-refractivity contribution in [2.45, 2.75) is 13.0 Å². The van der Waals surface area contributed by atoms with Crippen molar-refractivity contribution in [2.75, 3.05) is 37.3 Å². The smallest absolute Gasteiger partial charge is 0.258 e. The Morgan fingerprint density at radius 3 is 2.85 bits per heavy atom. The van der Waals surface area contributed by atoms with Gasteiger partial charge in [-0.25, -0.2) is 0 Å². The third-order valence-corrected chi connectivity index (χ3v) is 4.70. The maximum atomic E-state index is 12.4. The molecule has 6 N–H and O–H groups in total. The van der Waals surface area contributed by atoms with Crippen molar-refractivity contribution in [3.8, 4) is 0 Å². The molecule has 0 fully saturated rings. The number of benzene rings is 1. The lowest BCUT2D eigenvalue weighted by Crippen LogP contribution is -2.41. The van der Waals surface area contributed by atoms with Gasteiger partial charge in [0.25, 0.3) is 5.91 Å². The van der Waals surface area contributed by atoms with E-state index < -0.39 is 0 Å². The SMILES string of the molecule is C=Nc1ccccc1N.Cc1cc(NC(=O)/C2=C/C=C/NCC(CO)NCCN=C2)nn1C. The molecule has 10 heteroatoms. The Kier molecular flexibility index (Phi) is 10.5. The first-order valence-electron chi connectivity index (χ1n) is 10.5. The van der Waals surface area contributed by atoms with Crippen molar-refractivity contribution >= 4 is 36.0 Å². The largest absolute Gasteiger partial charge is 0.397 e. The predicted octanol–water partition coefficient (Wildman–Crippen LogP) is 1.33. The van der Waals surface area contributed by atoms with Crippen LogP contribution in [-0.2, 0) is 11.8 Å². The van der Waals surface area contributed by atoms with E-state index in [-0.39, 0.29) is 18.6 Å². The number of hydrogen-bond acceptors (Lipinski definition) is 8. The van der Waals surface area contributed by atoms with Crippen molar-refractivity contribution in [3.05, 3.63) is 60.0 Å². The molecule has 1 unspecified atom stereocenters. The minimum Gasteiger partial charge on any atom is -0.397 e. The molecule has 176 valence electrons. The standard InChI is InChI=1S/C16H24N6O2.C7H8N2/c1-12-8-15(21-22(12)2)20-16(24)13-4-3-5-17-10-14(11-23)19-7-6-18-9-13;1-9-7-5-3-2-4-6(7)8/h3-5,8-9,14,17,19,23H,6-7,10-11H2,1-2H3,(H,20,21,24);2-5H,1,8H2/b5-3+,13-4+,18-9?;. The molecule has 33 heavy (non-hydrogen) atoms. The quantitative estimate of drug-likeness (QED) is 0.350. The topological polar surface area (TPSA) is 142 Å². The zero-order valence-electron chi connectivity index (χ0n) is 19.0. The highest BCUT2D eigenvalue weighted by Crippen LogP contribution is 2.18. The molecule has 0 spiro atoms. The van der Waals surface area contributed by atoms with Gasteiger partial charge in [0.15, 0.2) is 5.82 Å². The average Bonchev–Trinajstić information content (AvgIpc) is 3.11. The van der Waals surface area contributed by atoms with Crippen molar-refractivity contribution in [1.29, 1.82) is 0 Å². The second-order valence-corrected chi connectivity index (χ2v) is 7.22. The Balaban J connectivity index is 0.000000357. The summed E-state index contributed by atoms with van der Waals surface area (Å²) in [4.78, 5) is 20.3. The van der Waals surface area contributed by atoms with E-state index in [1.165, 1.54) is 0 Å². The molecule has 1 aromatic heterocycles. The van der Waals surface area contributed by atoms with Crippen LogP contribution in [0, 0.1) is 6.92 Å². The minimum atomic E-state index is -0.264. The molecule has 1 aliphatic heterocycles. The summed E-state index contributed by atoms with van der Waals surface area (Å²) >= 11 is 0. The van der Waals surface area contributed by atoms with Gasteiger partial charge in [-0.2, -0.15) is 5.10 Å². The number of aliphatic hydroxyl groups excluding tert-OH is 1. The molecule has 0 radical (unpaired) electrons. The summed E-state index contributed by atoms with van der Waals surface area (Å²) < 4.78 is 1.70. The molecule has 0 saturated heterocycles. The fourth-order valence-electron chi connectivity index (χ4n) is 2.75. The summed E-state index contributed by atoms with van der Waals surface area (Å²) in [6.45, 7) is 7.08. The minimum absolute atomic E-state index is 0.0246. The van der Waals surface area contributed by atoms with E-state index in [4.69, 9.17) is 5.73 Å². The van der Waals surface area contributed by atoms with Crippen molar-refractivity contribution in [1.82, 2.24) is 20.4 Å². The Labute approximate surface area is 194 Å². The Morgan fingerprint density at radius 1 is 1.42 bits per heavy atom. The number of nitrogens with one attached hydrogen (secondary N) is 3. The molecule has 1 amide bonds. The summed E-state index contributed by atoms with van der Waals surface area (Å²) in [6, 6.07) is 9.14. The lowest BCUT2D eigenvalue weighted by Gasteiger charge is -2.15. The normalized spacial score (nSPS) is 18.8. The predicted molar refractivity (Wildman–Crippen MR) is 134 cm³/mol. The summed E-state index contributed by atoms with van der Waals surface area (Å²) in [5, 5.41) is 22.5. The maximum absolute atomic E-state index is 12.4. The number of aromatic nitrogens is 2. The van der Waals surface area contributed by atoms with Crippen LogP contribution in [0.5, 0.6) is 0 Å². The summed E-state index contributed by atoms with van der Waals surface area (Å²) in [5.74, 6) is 0.245. The average molecular weight is 453 g/mol. The van der Waals surface area contributed by atoms with Gasteiger partial charge < -0.3 is 26.8 Å². The number of hydrogen-bond donors (Lipinski definition) is 5. The van der Waals surface area contributed by atoms with Gasteiger partial charge in [-0.3, -0.25) is 19.5 Å². The number of aliphatic hydroxyl groups is 1. The molecule has 1 aromatic carbocycles. The van der Waals surface area contributed by atoms with Gasteiger partial charge in [0, 0.05) is 44.2 Å². The van der Waals surface area contributed by atoms with Crippen LogP contribution in [0.3, 0.4) is 0 Å². The highest BCUT2D eigenvalue weighted by molar-refractivity contribution is 6.17. The molecule has 0 bridgehead atoms. The van der Waals surface area contributed by atoms with Crippen LogP contribution in [-0.4, -0.2) is 66.0 Å². The highest BCUT2D eigenvalue weighted by Gasteiger charge is 2.10. The Bertz CT molecular complexity index is 990. The molecular weight excluding hydrogens is 420 g/mol. The summed E-state index contributed by atoms with van der Waals surface area (Å²) in [5.41, 5.74) is 8.32. The van der Waals surface area contributed by atoms with Gasteiger partial charge in [-0.1, -0.05) is 12.1 Å². The zero-order valence-corrected chi connectivity index (χ0v) is 19.0. The molecule has 3 rings (SSSR count). The van der Waals surface area contributed by atoms with E-state index >= 15 is 0 Å². The molecule has 0 aliphatic carbocycles. The van der Waals surface area contributed by atoms with Crippen molar-refractivity contribution in [2.24, 2.45) is 17.0 Å². The second-order valence-electron chi connectivity index (χ2n) is 7.22. The molecular formula is C23H32N8O2. The van der Waals surface area contributed by atoms with E-state index in [9.17, 15) is 9.90 Å². The van der Waals surface area contributed by atoms with Crippen LogP contribution in [0.2, 0.25) is 0 Å². The molecule has 0 saturated carbocycles. The van der Waals surface area contributed by atoms with Gasteiger partial charge >= 0.3 is 0 Å². The first kappa shape index (κ1) is 25.5. The first-order valence-corrected chi connectivity index (χ1v) is 10.5. The Hall–Kier alpha value is -3.76. The highest BCUT2D eigenvalue weighted by atomic mass is 16.3. The number of rotatable bonds is 4. The number of aryl methyl sites for hydroxylation is 2. The number of amides is 1. The summed E-state index contributed by atoms with van der Waals surface area (Å²) in [7, 11) is 1.82. The zero-order chi connectivity index (χ0) is 24.1. The van der Waals surface area contributed by atoms with Crippen LogP contribution >= 0.6 is 0 Å². The second kappa shape index (κ2) is 13.6. The molecule has 1 aliphatic rings. The van der Waals surface area contributed by atoms with Crippen LogP contribution in [0.1, 0.15) is 5.69 Å². The van der Waals surface area contributed by atoms with Gasteiger partial charge in [0.2, 0.25) is 0 Å². The fraction of sp³-hybridized carbons (Fsp3) is 0.304. The third-order valence-electron chi connectivity index (χ3n) is 4.70. The number of carbonyl (C=O) groups is 1. The number of para-hydroxylation sites is 2. The van der Waals surface area contributed by atoms with E-state index in [0.717, 1.165) is 11.4 Å². The van der Waals surface area contributed by atoms with Gasteiger partial charge in [-0.05, 0) is 44.1 Å². The van der Waals surface area contributed by atoms with Crippen molar-refractivity contribution < 1.29 is 9.90 Å². The lowest BCUT2D eigenvalue weighted by atomic mass is 10.2. The van der Waals surface area contributed by atoms with Crippen molar-refractivity contribution in [3.63, 3.8) is 0 Å². The Morgan fingerprint density at radius 2 is 2.21 bits per heavy atom. The van der Waals surface area contributed by atoms with E-state index in [1.807, 2.05) is 32.2 Å². The monoisotopic (exact) mass is 452 g/mol. The van der Waals surface area contributed by atoms with Gasteiger partial charge in [0.05, 0.1) is 30.1 Å². The van der Waals surface area contributed by atoms with E-state index in [0.29, 0.717) is 36.7 Å². The molecule has 1 atom stereocenters. The lowest BCUT2D eigenvalue weighted by molar-refractivity contribution is -0.112. The number of nitrogen functional groups attached to an aromatic ring is 1. The van der Waals surface area contributed by atoms with Crippen LogP contribution < -0.4 is 21.7 Å². The maximum Gasteiger partial charge on any atom is 0.258 e. The number of allylic oxidation sites excluding steroid dienone is 2. The van der Waals surface area contributed by atoms with E-state index in [2.05, 4.69) is 37.8 Å².